The van der Waals surface area contributed by atoms with Gasteiger partial charge in [0.25, 0.3) is 0 Å². The molecule has 5 rings (SSSR count). The molecule has 1 heteroatoms. The molecule has 0 atom stereocenters. The summed E-state index contributed by atoms with van der Waals surface area (Å²) in [6, 6.07) is 30.8. The van der Waals surface area contributed by atoms with Crippen molar-refractivity contribution in [3.63, 3.8) is 0 Å². The summed E-state index contributed by atoms with van der Waals surface area (Å²) in [5, 5.41) is 2.81. The van der Waals surface area contributed by atoms with E-state index >= 15 is 0 Å². The quantitative estimate of drug-likeness (QED) is 0.402. The van der Waals surface area contributed by atoms with Crippen molar-refractivity contribution in [3.05, 3.63) is 102 Å². The van der Waals surface area contributed by atoms with Crippen molar-refractivity contribution in [3.8, 4) is 0 Å². The first-order valence-electron chi connectivity index (χ1n) is 9.26. The summed E-state index contributed by atoms with van der Waals surface area (Å²) >= 11 is 0. The van der Waals surface area contributed by atoms with Crippen LogP contribution < -0.4 is 4.90 Å². The van der Waals surface area contributed by atoms with E-state index in [2.05, 4.69) is 96.8 Å². The summed E-state index contributed by atoms with van der Waals surface area (Å²) in [6.07, 6.45) is 2.32. The first-order chi connectivity index (χ1) is 12.8. The summed E-state index contributed by atoms with van der Waals surface area (Å²) in [5.41, 5.74) is 7.88. The lowest BCUT2D eigenvalue weighted by Gasteiger charge is -2.27. The second-order valence-electron chi connectivity index (χ2n) is 7.09. The molecule has 0 amide bonds. The maximum atomic E-state index is 2.38. The lowest BCUT2D eigenvalue weighted by Crippen LogP contribution is -2.10. The highest BCUT2D eigenvalue weighted by molar-refractivity contribution is 6.03. The van der Waals surface area contributed by atoms with Crippen molar-refractivity contribution < 1.29 is 0 Å². The van der Waals surface area contributed by atoms with Crippen LogP contribution in [0.4, 0.5) is 17.1 Å². The Morgan fingerprint density at radius 2 is 1.31 bits per heavy atom. The molecule has 4 aromatic carbocycles. The third-order valence-corrected chi connectivity index (χ3v) is 5.40. The monoisotopic (exact) mass is 335 g/mol. The first-order valence-corrected chi connectivity index (χ1v) is 9.26. The van der Waals surface area contributed by atoms with Gasteiger partial charge in [0.15, 0.2) is 0 Å². The van der Waals surface area contributed by atoms with E-state index in [-0.39, 0.29) is 0 Å². The third-order valence-electron chi connectivity index (χ3n) is 5.40. The minimum Gasteiger partial charge on any atom is -0.310 e. The van der Waals surface area contributed by atoms with E-state index in [0.717, 1.165) is 12.8 Å². The zero-order chi connectivity index (χ0) is 17.5. The summed E-state index contributed by atoms with van der Waals surface area (Å²) in [6.45, 7) is 2.13. The Hall–Kier alpha value is -3.06. The van der Waals surface area contributed by atoms with Crippen LogP contribution in [0.1, 0.15) is 16.7 Å². The molecule has 0 bridgehead atoms. The van der Waals surface area contributed by atoms with Gasteiger partial charge in [0.1, 0.15) is 0 Å². The van der Waals surface area contributed by atoms with E-state index in [1.807, 2.05) is 0 Å². The Morgan fingerprint density at radius 1 is 0.615 bits per heavy atom. The van der Waals surface area contributed by atoms with Gasteiger partial charge in [-0.3, -0.25) is 0 Å². The lowest BCUT2D eigenvalue weighted by atomic mass is 10.0. The predicted octanol–water partition coefficient (Wildman–Crippen LogP) is 6.72. The van der Waals surface area contributed by atoms with Gasteiger partial charge in [0.05, 0.1) is 5.69 Å². The maximum absolute atomic E-state index is 2.38. The fourth-order valence-corrected chi connectivity index (χ4v) is 4.12. The van der Waals surface area contributed by atoms with Gasteiger partial charge in [-0.25, -0.2) is 0 Å². The molecule has 0 fully saturated rings. The Labute approximate surface area is 154 Å². The Bertz CT molecular complexity index is 1070. The number of anilines is 3. The average molecular weight is 335 g/mol. The number of benzene rings is 4. The number of hydrogen-bond donors (Lipinski definition) is 0. The van der Waals surface area contributed by atoms with Gasteiger partial charge >= 0.3 is 0 Å². The van der Waals surface area contributed by atoms with Gasteiger partial charge in [0, 0.05) is 16.8 Å². The number of para-hydroxylation sites is 1. The van der Waals surface area contributed by atoms with Crippen molar-refractivity contribution in [1.82, 2.24) is 0 Å². The van der Waals surface area contributed by atoms with Crippen molar-refractivity contribution in [2.24, 2.45) is 0 Å². The fourth-order valence-electron chi connectivity index (χ4n) is 4.12. The molecule has 1 aliphatic rings. The number of hydrogen-bond acceptors (Lipinski definition) is 1. The van der Waals surface area contributed by atoms with Crippen LogP contribution in [0.15, 0.2) is 84.9 Å². The normalized spacial score (nSPS) is 12.5. The van der Waals surface area contributed by atoms with Gasteiger partial charge in [-0.2, -0.15) is 0 Å². The molecular weight excluding hydrogens is 314 g/mol. The Balaban J connectivity index is 1.79. The maximum Gasteiger partial charge on any atom is 0.0540 e. The van der Waals surface area contributed by atoms with Crippen molar-refractivity contribution in [2.45, 2.75) is 19.8 Å². The van der Waals surface area contributed by atoms with Crippen LogP contribution in [0.5, 0.6) is 0 Å². The molecule has 126 valence electrons. The lowest BCUT2D eigenvalue weighted by molar-refractivity contribution is 1.02. The van der Waals surface area contributed by atoms with Crippen LogP contribution in [-0.4, -0.2) is 0 Å². The molecule has 26 heavy (non-hydrogen) atoms. The highest BCUT2D eigenvalue weighted by Gasteiger charge is 2.20. The summed E-state index contributed by atoms with van der Waals surface area (Å²) in [7, 11) is 0. The highest BCUT2D eigenvalue weighted by Crippen LogP contribution is 2.42. The molecule has 0 unspecified atom stereocenters. The van der Waals surface area contributed by atoms with Crippen LogP contribution in [0.2, 0.25) is 0 Å². The number of rotatable bonds is 3. The van der Waals surface area contributed by atoms with Crippen LogP contribution in [0, 0.1) is 6.92 Å². The molecule has 4 aromatic rings. The summed E-state index contributed by atoms with van der Waals surface area (Å²) < 4.78 is 0. The molecule has 0 N–H and O–H groups in total. The van der Waals surface area contributed by atoms with Crippen molar-refractivity contribution in [1.29, 1.82) is 0 Å². The second kappa shape index (κ2) is 6.03. The molecule has 0 aliphatic heterocycles. The molecule has 0 heterocycles. The first kappa shape index (κ1) is 15.2. The van der Waals surface area contributed by atoms with E-state index in [9.17, 15) is 0 Å². The summed E-state index contributed by atoms with van der Waals surface area (Å²) in [5.74, 6) is 0. The Morgan fingerprint density at radius 3 is 2.08 bits per heavy atom. The summed E-state index contributed by atoms with van der Waals surface area (Å²) in [4.78, 5) is 2.38. The van der Waals surface area contributed by atoms with E-state index in [1.165, 1.54) is 44.5 Å². The zero-order valence-corrected chi connectivity index (χ0v) is 14.9. The van der Waals surface area contributed by atoms with Crippen molar-refractivity contribution in [2.75, 3.05) is 4.90 Å². The fraction of sp³-hybridized carbons (Fsp3) is 0.120. The predicted molar refractivity (Wildman–Crippen MR) is 111 cm³/mol. The smallest absolute Gasteiger partial charge is 0.0540 e. The zero-order valence-electron chi connectivity index (χ0n) is 14.9. The van der Waals surface area contributed by atoms with E-state index in [1.54, 1.807) is 0 Å². The molecule has 1 aliphatic carbocycles. The van der Waals surface area contributed by atoms with Gasteiger partial charge in [-0.05, 0) is 66.6 Å². The standard InChI is InChI=1S/C25H21N/c1-18-10-15-22(16-11-18)26(21-7-3-2-4-8-21)24-17-14-20-13-12-19-6-5-9-23(24)25(19)20/h2-11,14-17H,12-13H2,1H3. The minimum absolute atomic E-state index is 1.16. The van der Waals surface area contributed by atoms with Crippen LogP contribution in [0.3, 0.4) is 0 Å². The SMILES string of the molecule is Cc1ccc(N(c2ccccc2)c2ccc3c4c(cccc24)CC3)cc1. The number of nitrogens with zero attached hydrogens (tertiary/aromatic N) is 1. The topological polar surface area (TPSA) is 3.24 Å². The van der Waals surface area contributed by atoms with Gasteiger partial charge in [-0.15, -0.1) is 0 Å². The van der Waals surface area contributed by atoms with E-state index < -0.39 is 0 Å². The van der Waals surface area contributed by atoms with E-state index in [0.29, 0.717) is 0 Å². The van der Waals surface area contributed by atoms with Crippen LogP contribution in [0.25, 0.3) is 10.8 Å². The van der Waals surface area contributed by atoms with Crippen LogP contribution in [-0.2, 0) is 12.8 Å². The molecule has 1 nitrogen and oxygen atoms in total. The van der Waals surface area contributed by atoms with Crippen LogP contribution >= 0.6 is 0 Å². The molecule has 0 saturated carbocycles. The number of aryl methyl sites for hydroxylation is 3. The van der Waals surface area contributed by atoms with Gasteiger partial charge in [-0.1, -0.05) is 60.2 Å². The molecule has 0 radical (unpaired) electrons. The highest BCUT2D eigenvalue weighted by atomic mass is 15.1. The molecule has 0 spiro atoms. The molecule has 0 aromatic heterocycles. The van der Waals surface area contributed by atoms with Gasteiger partial charge in [0.2, 0.25) is 0 Å². The van der Waals surface area contributed by atoms with Crippen molar-refractivity contribution >= 4 is 27.8 Å². The van der Waals surface area contributed by atoms with Gasteiger partial charge < -0.3 is 4.90 Å². The molecular formula is C25H21N. The average Bonchev–Trinajstić information content (AvgIpc) is 3.11. The third kappa shape index (κ3) is 2.40. The van der Waals surface area contributed by atoms with E-state index in [4.69, 9.17) is 0 Å². The largest absolute Gasteiger partial charge is 0.310 e. The second-order valence-corrected chi connectivity index (χ2v) is 7.09. The minimum atomic E-state index is 1.16. The molecule has 0 saturated heterocycles. The Kier molecular flexibility index (Phi) is 3.53.